The fraction of sp³-hybridized carbons (Fsp3) is 0.583. The average Bonchev–Trinajstić information content (AvgIpc) is 2.24. The van der Waals surface area contributed by atoms with Gasteiger partial charge in [-0.25, -0.2) is 4.79 Å². The van der Waals surface area contributed by atoms with Crippen molar-refractivity contribution in [3.8, 4) is 0 Å². The molecule has 0 aromatic carbocycles. The number of methoxy groups -OCH3 is 1. The zero-order valence-electron chi connectivity index (χ0n) is 11.0. The zero-order chi connectivity index (χ0) is 14.3. The third kappa shape index (κ3) is 4.99. The largest absolute Gasteiger partial charge is 0.478 e. The second kappa shape index (κ2) is 6.78. The Morgan fingerprint density at radius 1 is 1.22 bits per heavy atom. The van der Waals surface area contributed by atoms with E-state index in [1.165, 1.54) is 0 Å². The molecule has 0 saturated carbocycles. The molecule has 1 unspecified atom stereocenters. The Morgan fingerprint density at radius 2 is 1.78 bits per heavy atom. The predicted molar refractivity (Wildman–Crippen MR) is 62.8 cm³/mol. The van der Waals surface area contributed by atoms with Gasteiger partial charge < -0.3 is 14.6 Å². The summed E-state index contributed by atoms with van der Waals surface area (Å²) in [7, 11) is 1.14. The molecule has 0 radical (unpaired) electrons. The maximum atomic E-state index is 11.3. The first-order valence-corrected chi connectivity index (χ1v) is 5.36. The van der Waals surface area contributed by atoms with E-state index in [-0.39, 0.29) is 6.42 Å². The van der Waals surface area contributed by atoms with E-state index in [0.717, 1.165) is 19.6 Å². The van der Waals surface area contributed by atoms with Gasteiger partial charge in [0.2, 0.25) is 5.60 Å². The Kier molecular flexibility index (Phi) is 6.08. The number of carboxylic acid groups (broad SMARTS) is 1. The number of carbonyl (C=O) groups excluding carboxylic acids is 2. The van der Waals surface area contributed by atoms with Gasteiger partial charge in [-0.2, -0.15) is 0 Å². The molecule has 0 bridgehead atoms. The zero-order valence-corrected chi connectivity index (χ0v) is 11.0. The van der Waals surface area contributed by atoms with Gasteiger partial charge in [0.15, 0.2) is 0 Å². The van der Waals surface area contributed by atoms with Gasteiger partial charge in [0.1, 0.15) is 0 Å². The van der Waals surface area contributed by atoms with Crippen molar-refractivity contribution < 1.29 is 29.0 Å². The first kappa shape index (κ1) is 16.1. The maximum Gasteiger partial charge on any atom is 0.349 e. The predicted octanol–water partition coefficient (Wildman–Crippen LogP) is 1.29. The highest BCUT2D eigenvalue weighted by Crippen LogP contribution is 2.24. The lowest BCUT2D eigenvalue weighted by Crippen LogP contribution is -2.44. The molecule has 1 N–H and O–H groups in total. The van der Waals surface area contributed by atoms with Crippen molar-refractivity contribution in [3.63, 3.8) is 0 Å². The lowest BCUT2D eigenvalue weighted by Gasteiger charge is -2.26. The normalized spacial score (nSPS) is 13.1. The number of hydrogen-bond acceptors (Lipinski definition) is 5. The van der Waals surface area contributed by atoms with Crippen molar-refractivity contribution in [1.82, 2.24) is 0 Å². The van der Waals surface area contributed by atoms with Crippen molar-refractivity contribution in [3.05, 3.63) is 11.6 Å². The van der Waals surface area contributed by atoms with Crippen molar-refractivity contribution in [1.29, 1.82) is 0 Å². The summed E-state index contributed by atoms with van der Waals surface area (Å²) in [5, 5.41) is 9.22. The van der Waals surface area contributed by atoms with E-state index in [9.17, 15) is 19.5 Å². The number of allylic oxidation sites excluding steroid dienone is 1. The van der Waals surface area contributed by atoms with Crippen molar-refractivity contribution in [2.24, 2.45) is 0 Å². The third-order valence-electron chi connectivity index (χ3n) is 2.23. The highest BCUT2D eigenvalue weighted by Gasteiger charge is 2.43. The molecule has 0 amide bonds. The first-order valence-electron chi connectivity index (χ1n) is 5.36. The standard InChI is InChI=1S/C12H18O6/c1-8(2)5-6-12(11(15)16,18-9(3)13)7-10(14)17-4/h5H,6-7H2,1-4H3,(H,15,16). The molecular formula is C12H18O6. The number of carboxylic acids is 1. The molecule has 6 heteroatoms. The SMILES string of the molecule is COC(=O)CC(CC=C(C)C)(OC(C)=O)C(=O)O. The molecule has 0 aromatic rings. The summed E-state index contributed by atoms with van der Waals surface area (Å²) in [4.78, 5) is 33.6. The third-order valence-corrected chi connectivity index (χ3v) is 2.23. The average molecular weight is 258 g/mol. The van der Waals surface area contributed by atoms with Crippen LogP contribution in [-0.2, 0) is 23.9 Å². The fourth-order valence-electron chi connectivity index (χ4n) is 1.31. The number of hydrogen-bond donors (Lipinski definition) is 1. The highest BCUT2D eigenvalue weighted by molar-refractivity contribution is 5.87. The van der Waals surface area contributed by atoms with Crippen molar-refractivity contribution >= 4 is 17.9 Å². The van der Waals surface area contributed by atoms with Crippen LogP contribution < -0.4 is 0 Å². The van der Waals surface area contributed by atoms with E-state index in [1.54, 1.807) is 19.9 Å². The van der Waals surface area contributed by atoms with Gasteiger partial charge >= 0.3 is 17.9 Å². The molecule has 0 aliphatic carbocycles. The van der Waals surface area contributed by atoms with Crippen LogP contribution in [0.2, 0.25) is 0 Å². The van der Waals surface area contributed by atoms with Gasteiger partial charge in [-0.3, -0.25) is 9.59 Å². The first-order chi connectivity index (χ1) is 8.23. The van der Waals surface area contributed by atoms with Crippen LogP contribution in [0.5, 0.6) is 0 Å². The van der Waals surface area contributed by atoms with E-state index in [4.69, 9.17) is 4.74 Å². The monoisotopic (exact) mass is 258 g/mol. The topological polar surface area (TPSA) is 89.9 Å². The van der Waals surface area contributed by atoms with Gasteiger partial charge in [-0.05, 0) is 13.8 Å². The minimum atomic E-state index is -1.91. The van der Waals surface area contributed by atoms with Crippen molar-refractivity contribution in [2.75, 3.05) is 7.11 Å². The van der Waals surface area contributed by atoms with E-state index < -0.39 is 29.9 Å². The van der Waals surface area contributed by atoms with Gasteiger partial charge in [0.05, 0.1) is 13.5 Å². The molecule has 0 rings (SSSR count). The molecule has 0 spiro atoms. The Hall–Kier alpha value is -1.85. The fourth-order valence-corrected chi connectivity index (χ4v) is 1.31. The second-order valence-electron chi connectivity index (χ2n) is 4.13. The van der Waals surface area contributed by atoms with Gasteiger partial charge in [0.25, 0.3) is 0 Å². The van der Waals surface area contributed by atoms with Crippen LogP contribution in [0.15, 0.2) is 11.6 Å². The molecule has 0 heterocycles. The highest BCUT2D eigenvalue weighted by atomic mass is 16.6. The molecular weight excluding hydrogens is 240 g/mol. The van der Waals surface area contributed by atoms with Crippen LogP contribution in [0.1, 0.15) is 33.6 Å². The molecule has 1 atom stereocenters. The Labute approximate surface area is 106 Å². The van der Waals surface area contributed by atoms with Crippen LogP contribution in [0, 0.1) is 0 Å². The summed E-state index contributed by atoms with van der Waals surface area (Å²) in [6, 6.07) is 0. The summed E-state index contributed by atoms with van der Waals surface area (Å²) in [6.45, 7) is 4.65. The quantitative estimate of drug-likeness (QED) is 0.570. The molecule has 0 aliphatic heterocycles. The van der Waals surface area contributed by atoms with E-state index in [1.807, 2.05) is 0 Å². The molecule has 0 fully saturated rings. The number of esters is 2. The van der Waals surface area contributed by atoms with Crippen LogP contribution in [-0.4, -0.2) is 35.7 Å². The smallest absolute Gasteiger partial charge is 0.349 e. The van der Waals surface area contributed by atoms with Gasteiger partial charge in [-0.15, -0.1) is 0 Å². The molecule has 6 nitrogen and oxygen atoms in total. The number of ether oxygens (including phenoxy) is 2. The summed E-state index contributed by atoms with van der Waals surface area (Å²) in [5.74, 6) is -2.88. The Morgan fingerprint density at radius 3 is 2.11 bits per heavy atom. The van der Waals surface area contributed by atoms with Gasteiger partial charge in [-0.1, -0.05) is 11.6 Å². The van der Waals surface area contributed by atoms with E-state index in [2.05, 4.69) is 4.74 Å². The van der Waals surface area contributed by atoms with E-state index in [0.29, 0.717) is 0 Å². The minimum Gasteiger partial charge on any atom is -0.478 e. The summed E-state index contributed by atoms with van der Waals surface area (Å²) < 4.78 is 9.27. The Balaban J connectivity index is 5.27. The van der Waals surface area contributed by atoms with Gasteiger partial charge in [0, 0.05) is 13.3 Å². The molecule has 0 aliphatic rings. The molecule has 18 heavy (non-hydrogen) atoms. The second-order valence-corrected chi connectivity index (χ2v) is 4.13. The summed E-state index contributed by atoms with van der Waals surface area (Å²) in [6.07, 6.45) is 0.988. The van der Waals surface area contributed by atoms with Crippen LogP contribution >= 0.6 is 0 Å². The minimum absolute atomic E-state index is 0.0840. The maximum absolute atomic E-state index is 11.3. The van der Waals surface area contributed by atoms with Crippen LogP contribution in [0.3, 0.4) is 0 Å². The lowest BCUT2D eigenvalue weighted by molar-refractivity contribution is -0.181. The Bertz CT molecular complexity index is 367. The van der Waals surface area contributed by atoms with Crippen LogP contribution in [0.25, 0.3) is 0 Å². The molecule has 102 valence electrons. The lowest BCUT2D eigenvalue weighted by atomic mass is 9.94. The number of rotatable bonds is 6. The molecule has 0 aromatic heterocycles. The van der Waals surface area contributed by atoms with E-state index >= 15 is 0 Å². The molecule has 0 saturated heterocycles. The number of carbonyl (C=O) groups is 3. The summed E-state index contributed by atoms with van der Waals surface area (Å²) in [5.41, 5.74) is -1.05. The van der Waals surface area contributed by atoms with Crippen LogP contribution in [0.4, 0.5) is 0 Å². The van der Waals surface area contributed by atoms with Crippen molar-refractivity contribution in [2.45, 2.75) is 39.2 Å². The summed E-state index contributed by atoms with van der Waals surface area (Å²) >= 11 is 0. The number of aliphatic carboxylic acids is 1.